The summed E-state index contributed by atoms with van der Waals surface area (Å²) < 4.78 is 10.7. The van der Waals surface area contributed by atoms with E-state index in [-0.39, 0.29) is 6.79 Å². The van der Waals surface area contributed by atoms with Crippen LogP contribution in [0.2, 0.25) is 0 Å². The summed E-state index contributed by atoms with van der Waals surface area (Å²) in [7, 11) is 0. The maximum absolute atomic E-state index is 5.39. The molecule has 0 saturated heterocycles. The Hall–Kier alpha value is -3.28. The van der Waals surface area contributed by atoms with E-state index in [0.29, 0.717) is 12.5 Å². The molecule has 2 N–H and O–H groups in total. The predicted octanol–water partition coefficient (Wildman–Crippen LogP) is 3.43. The average molecular weight is 334 g/mol. The molecule has 6 nitrogen and oxygen atoms in total. The van der Waals surface area contributed by atoms with Gasteiger partial charge in [0.15, 0.2) is 11.5 Å². The zero-order valence-corrected chi connectivity index (χ0v) is 13.6. The third kappa shape index (κ3) is 3.80. The Morgan fingerprint density at radius 2 is 1.68 bits per heavy atom. The quantitative estimate of drug-likeness (QED) is 0.720. The molecule has 0 bridgehead atoms. The van der Waals surface area contributed by atoms with E-state index in [9.17, 15) is 0 Å². The molecule has 126 valence electrons. The van der Waals surface area contributed by atoms with Gasteiger partial charge in [0.25, 0.3) is 0 Å². The van der Waals surface area contributed by atoms with Crippen molar-refractivity contribution in [2.24, 2.45) is 0 Å². The highest BCUT2D eigenvalue weighted by Gasteiger charge is 2.13. The summed E-state index contributed by atoms with van der Waals surface area (Å²) >= 11 is 0. The second kappa shape index (κ2) is 7.09. The molecule has 0 atom stereocenters. The number of nitrogens with one attached hydrogen (secondary N) is 2. The third-order valence-corrected chi connectivity index (χ3v) is 3.86. The molecule has 0 aliphatic carbocycles. The molecule has 1 aliphatic heterocycles. The minimum atomic E-state index is 0.282. The van der Waals surface area contributed by atoms with Crippen LogP contribution in [-0.4, -0.2) is 16.8 Å². The molecule has 6 heteroatoms. The molecule has 0 saturated carbocycles. The molecule has 0 amide bonds. The Morgan fingerprint density at radius 3 is 2.60 bits per heavy atom. The SMILES string of the molecule is c1ccc(CNc2ccnc(NCc3ccc4c(c3)OCO4)n2)cc1. The van der Waals surface area contributed by atoms with Crippen LogP contribution in [0, 0.1) is 0 Å². The molecule has 2 heterocycles. The lowest BCUT2D eigenvalue weighted by molar-refractivity contribution is 0.174. The average Bonchev–Trinajstić information content (AvgIpc) is 3.14. The number of benzene rings is 2. The largest absolute Gasteiger partial charge is 0.454 e. The van der Waals surface area contributed by atoms with E-state index < -0.39 is 0 Å². The molecule has 0 radical (unpaired) electrons. The summed E-state index contributed by atoms with van der Waals surface area (Å²) in [6.07, 6.45) is 1.74. The lowest BCUT2D eigenvalue weighted by Crippen LogP contribution is -2.06. The lowest BCUT2D eigenvalue weighted by atomic mass is 10.2. The first-order valence-corrected chi connectivity index (χ1v) is 8.10. The fraction of sp³-hybridized carbons (Fsp3) is 0.158. The molecule has 1 aliphatic rings. The van der Waals surface area contributed by atoms with Gasteiger partial charge in [-0.3, -0.25) is 0 Å². The smallest absolute Gasteiger partial charge is 0.231 e. The van der Waals surface area contributed by atoms with Crippen molar-refractivity contribution in [3.63, 3.8) is 0 Å². The monoisotopic (exact) mass is 334 g/mol. The molecule has 1 aromatic heterocycles. The lowest BCUT2D eigenvalue weighted by Gasteiger charge is -2.09. The molecule has 0 fully saturated rings. The summed E-state index contributed by atoms with van der Waals surface area (Å²) in [5, 5.41) is 6.54. The summed E-state index contributed by atoms with van der Waals surface area (Å²) in [5.41, 5.74) is 2.28. The van der Waals surface area contributed by atoms with Crippen LogP contribution in [0.4, 0.5) is 11.8 Å². The second-order valence-electron chi connectivity index (χ2n) is 5.65. The normalized spacial score (nSPS) is 12.0. The van der Waals surface area contributed by atoms with Crippen molar-refractivity contribution < 1.29 is 9.47 Å². The number of rotatable bonds is 6. The third-order valence-electron chi connectivity index (χ3n) is 3.86. The fourth-order valence-corrected chi connectivity index (χ4v) is 2.56. The van der Waals surface area contributed by atoms with Crippen LogP contribution in [-0.2, 0) is 13.1 Å². The predicted molar refractivity (Wildman–Crippen MR) is 95.7 cm³/mol. The van der Waals surface area contributed by atoms with Gasteiger partial charge < -0.3 is 20.1 Å². The van der Waals surface area contributed by atoms with Crippen molar-refractivity contribution >= 4 is 11.8 Å². The summed E-state index contributed by atoms with van der Waals surface area (Å²) in [6, 6.07) is 17.9. The summed E-state index contributed by atoms with van der Waals surface area (Å²) in [6.45, 7) is 1.61. The van der Waals surface area contributed by atoms with Gasteiger partial charge in [-0.25, -0.2) is 4.98 Å². The number of aromatic nitrogens is 2. The Balaban J connectivity index is 1.36. The Labute approximate surface area is 145 Å². The van der Waals surface area contributed by atoms with E-state index in [1.54, 1.807) is 6.20 Å². The number of fused-ring (bicyclic) bond motifs is 1. The van der Waals surface area contributed by atoms with Crippen molar-refractivity contribution in [3.8, 4) is 11.5 Å². The first kappa shape index (κ1) is 15.3. The molecule has 4 rings (SSSR count). The topological polar surface area (TPSA) is 68.3 Å². The molecular formula is C19H18N4O2. The van der Waals surface area contributed by atoms with Crippen LogP contribution in [0.5, 0.6) is 11.5 Å². The zero-order valence-electron chi connectivity index (χ0n) is 13.6. The maximum atomic E-state index is 5.39. The maximum Gasteiger partial charge on any atom is 0.231 e. The minimum absolute atomic E-state index is 0.282. The molecule has 0 unspecified atom stereocenters. The van der Waals surface area contributed by atoms with Gasteiger partial charge >= 0.3 is 0 Å². The van der Waals surface area contributed by atoms with Crippen molar-refractivity contribution in [2.75, 3.05) is 17.4 Å². The number of hydrogen-bond donors (Lipinski definition) is 2. The summed E-state index contributed by atoms with van der Waals surface area (Å²) in [5.74, 6) is 2.92. The van der Waals surface area contributed by atoms with Gasteiger partial charge in [-0.05, 0) is 29.3 Å². The number of ether oxygens (including phenoxy) is 2. The van der Waals surface area contributed by atoms with E-state index in [1.807, 2.05) is 42.5 Å². The van der Waals surface area contributed by atoms with Crippen molar-refractivity contribution in [1.29, 1.82) is 0 Å². The Kier molecular flexibility index (Phi) is 4.33. The Morgan fingerprint density at radius 1 is 0.840 bits per heavy atom. The van der Waals surface area contributed by atoms with Gasteiger partial charge in [-0.2, -0.15) is 4.98 Å². The summed E-state index contributed by atoms with van der Waals surface area (Å²) in [4.78, 5) is 8.75. The van der Waals surface area contributed by atoms with Crippen LogP contribution in [0.3, 0.4) is 0 Å². The van der Waals surface area contributed by atoms with E-state index in [1.165, 1.54) is 5.56 Å². The minimum Gasteiger partial charge on any atom is -0.454 e. The van der Waals surface area contributed by atoms with Gasteiger partial charge in [0.05, 0.1) is 0 Å². The van der Waals surface area contributed by atoms with Crippen LogP contribution in [0.15, 0.2) is 60.8 Å². The van der Waals surface area contributed by atoms with Crippen molar-refractivity contribution in [1.82, 2.24) is 9.97 Å². The highest BCUT2D eigenvalue weighted by molar-refractivity contribution is 5.46. The Bertz CT molecular complexity index is 855. The van der Waals surface area contributed by atoms with Gasteiger partial charge in [-0.1, -0.05) is 36.4 Å². The van der Waals surface area contributed by atoms with Gasteiger partial charge in [0.1, 0.15) is 5.82 Å². The van der Waals surface area contributed by atoms with E-state index in [0.717, 1.165) is 29.4 Å². The standard InChI is InChI=1S/C19H18N4O2/c1-2-4-14(5-3-1)11-21-18-8-9-20-19(23-18)22-12-15-6-7-16-17(10-15)25-13-24-16/h1-10H,11-13H2,(H2,20,21,22,23). The van der Waals surface area contributed by atoms with E-state index in [4.69, 9.17) is 9.47 Å². The number of nitrogens with zero attached hydrogens (tertiary/aromatic N) is 2. The molecule has 25 heavy (non-hydrogen) atoms. The molecular weight excluding hydrogens is 316 g/mol. The zero-order chi connectivity index (χ0) is 16.9. The number of hydrogen-bond acceptors (Lipinski definition) is 6. The first-order valence-electron chi connectivity index (χ1n) is 8.10. The van der Waals surface area contributed by atoms with Crippen molar-refractivity contribution in [3.05, 3.63) is 71.9 Å². The van der Waals surface area contributed by atoms with Crippen LogP contribution < -0.4 is 20.1 Å². The van der Waals surface area contributed by atoms with Crippen LogP contribution in [0.1, 0.15) is 11.1 Å². The highest BCUT2D eigenvalue weighted by Crippen LogP contribution is 2.32. The van der Waals surface area contributed by atoms with E-state index >= 15 is 0 Å². The first-order chi connectivity index (χ1) is 12.4. The van der Waals surface area contributed by atoms with Gasteiger partial charge in [-0.15, -0.1) is 0 Å². The van der Waals surface area contributed by atoms with Crippen LogP contribution in [0.25, 0.3) is 0 Å². The van der Waals surface area contributed by atoms with E-state index in [2.05, 4.69) is 32.7 Å². The van der Waals surface area contributed by atoms with Gasteiger partial charge in [0, 0.05) is 19.3 Å². The van der Waals surface area contributed by atoms with Crippen LogP contribution >= 0.6 is 0 Å². The highest BCUT2D eigenvalue weighted by atomic mass is 16.7. The molecule has 3 aromatic rings. The number of anilines is 2. The molecule has 0 spiro atoms. The molecule has 2 aromatic carbocycles. The van der Waals surface area contributed by atoms with Crippen molar-refractivity contribution in [2.45, 2.75) is 13.1 Å². The fourth-order valence-electron chi connectivity index (χ4n) is 2.56. The second-order valence-corrected chi connectivity index (χ2v) is 5.65. The van der Waals surface area contributed by atoms with Gasteiger partial charge in [0.2, 0.25) is 12.7 Å².